The highest BCUT2D eigenvalue weighted by atomic mass is 19.1. The molecule has 45 heavy (non-hydrogen) atoms. The fourth-order valence-electron chi connectivity index (χ4n) is 5.92. The average Bonchev–Trinajstić information content (AvgIpc) is 3.02. The predicted octanol–water partition coefficient (Wildman–Crippen LogP) is 9.29. The van der Waals surface area contributed by atoms with Crippen LogP contribution in [0.25, 0.3) is 33.4 Å². The Hall–Kier alpha value is -4.23. The zero-order chi connectivity index (χ0) is 32.5. The number of carboxylic acids is 1. The first-order chi connectivity index (χ1) is 21.7. The maximum absolute atomic E-state index is 15.4. The first-order valence-corrected chi connectivity index (χ1v) is 15.6. The number of nitrogens with one attached hydrogen (secondary N) is 1. The standard InChI is InChI=1S/C38H43F2NO4/c1-6-7-8-12-32-34(39)19-26(21-36(32)44-4)28-13-9-15-30(24(28)2)31-16-10-14-29(25(31)3)27-20-35(40)33(37(22-27)45-5)23-41-18-11-17-38(42)43/h9-10,13-16,19-22,41H,6-8,11-12,17-18,23H2,1-5H3,(H,42,43). The van der Waals surface area contributed by atoms with Gasteiger partial charge in [0.05, 0.1) is 14.2 Å². The Labute approximate surface area is 265 Å². The van der Waals surface area contributed by atoms with E-state index in [-0.39, 0.29) is 18.8 Å². The van der Waals surface area contributed by atoms with Gasteiger partial charge in [-0.3, -0.25) is 4.79 Å². The quantitative estimate of drug-likeness (QED) is 0.131. The van der Waals surface area contributed by atoms with Gasteiger partial charge in [0.25, 0.3) is 0 Å². The molecule has 0 unspecified atom stereocenters. The van der Waals surface area contributed by atoms with E-state index in [4.69, 9.17) is 14.6 Å². The third kappa shape index (κ3) is 7.90. The molecule has 0 aliphatic heterocycles. The Bertz CT molecular complexity index is 1650. The van der Waals surface area contributed by atoms with Crippen LogP contribution in [-0.4, -0.2) is 31.8 Å². The first-order valence-electron chi connectivity index (χ1n) is 15.6. The van der Waals surface area contributed by atoms with E-state index < -0.39 is 11.8 Å². The van der Waals surface area contributed by atoms with Crippen LogP contribution >= 0.6 is 0 Å². The molecular formula is C38H43F2NO4. The van der Waals surface area contributed by atoms with E-state index in [2.05, 4.69) is 18.3 Å². The molecule has 0 spiro atoms. The van der Waals surface area contributed by atoms with E-state index in [1.807, 2.05) is 56.3 Å². The fraction of sp³-hybridized carbons (Fsp3) is 0.342. The highest BCUT2D eigenvalue weighted by Crippen LogP contribution is 2.40. The summed E-state index contributed by atoms with van der Waals surface area (Å²) in [4.78, 5) is 10.8. The van der Waals surface area contributed by atoms with Gasteiger partial charge >= 0.3 is 5.97 Å². The second-order valence-corrected chi connectivity index (χ2v) is 11.4. The topological polar surface area (TPSA) is 67.8 Å². The van der Waals surface area contributed by atoms with Crippen LogP contribution in [0.4, 0.5) is 8.78 Å². The summed E-state index contributed by atoms with van der Waals surface area (Å²) in [5.41, 5.74) is 8.25. The van der Waals surface area contributed by atoms with E-state index in [1.54, 1.807) is 13.2 Å². The van der Waals surface area contributed by atoms with Crippen molar-refractivity contribution in [1.29, 1.82) is 0 Å². The van der Waals surface area contributed by atoms with Crippen molar-refractivity contribution in [1.82, 2.24) is 5.32 Å². The van der Waals surface area contributed by atoms with Gasteiger partial charge in [-0.25, -0.2) is 8.78 Å². The zero-order valence-electron chi connectivity index (χ0n) is 26.9. The van der Waals surface area contributed by atoms with E-state index >= 15 is 8.78 Å². The molecule has 0 fully saturated rings. The van der Waals surface area contributed by atoms with E-state index in [0.717, 1.165) is 58.2 Å². The van der Waals surface area contributed by atoms with Gasteiger partial charge in [0.15, 0.2) is 0 Å². The molecule has 4 rings (SSSR count). The fourth-order valence-corrected chi connectivity index (χ4v) is 5.92. The SMILES string of the molecule is CCCCCc1c(F)cc(-c2cccc(-c3cccc(-c4cc(F)c(CNCCCC(=O)O)c(OC)c4)c3C)c2C)cc1OC. The van der Waals surface area contributed by atoms with Gasteiger partial charge in [0.2, 0.25) is 0 Å². The van der Waals surface area contributed by atoms with E-state index in [9.17, 15) is 4.79 Å². The van der Waals surface area contributed by atoms with Crippen molar-refractivity contribution < 1.29 is 28.2 Å². The molecule has 0 radical (unpaired) electrons. The Balaban J connectivity index is 1.68. The molecule has 4 aromatic carbocycles. The molecule has 0 amide bonds. The molecule has 4 aromatic rings. The summed E-state index contributed by atoms with van der Waals surface area (Å²) in [6, 6.07) is 18.9. The summed E-state index contributed by atoms with van der Waals surface area (Å²) in [5.74, 6) is -0.511. The summed E-state index contributed by atoms with van der Waals surface area (Å²) >= 11 is 0. The van der Waals surface area contributed by atoms with Gasteiger partial charge < -0.3 is 19.9 Å². The highest BCUT2D eigenvalue weighted by molar-refractivity contribution is 5.84. The summed E-state index contributed by atoms with van der Waals surface area (Å²) in [6.45, 7) is 6.87. The number of hydrogen-bond donors (Lipinski definition) is 2. The molecule has 0 bridgehead atoms. The van der Waals surface area contributed by atoms with E-state index in [1.165, 1.54) is 13.2 Å². The van der Waals surface area contributed by atoms with Gasteiger partial charge in [-0.1, -0.05) is 56.2 Å². The number of aliphatic carboxylic acids is 1. The van der Waals surface area contributed by atoms with Gasteiger partial charge in [-0.05, 0) is 108 Å². The van der Waals surface area contributed by atoms with Gasteiger partial charge in [0, 0.05) is 24.1 Å². The molecule has 0 saturated carbocycles. The normalized spacial score (nSPS) is 11.1. The minimum Gasteiger partial charge on any atom is -0.496 e. The summed E-state index contributed by atoms with van der Waals surface area (Å²) < 4.78 is 42.0. The van der Waals surface area contributed by atoms with Crippen LogP contribution in [0.15, 0.2) is 60.7 Å². The number of carboxylic acid groups (broad SMARTS) is 1. The van der Waals surface area contributed by atoms with Crippen LogP contribution in [-0.2, 0) is 17.8 Å². The van der Waals surface area contributed by atoms with Crippen molar-refractivity contribution in [3.05, 3.63) is 94.6 Å². The molecular weight excluding hydrogens is 572 g/mol. The number of carbonyl (C=O) groups is 1. The molecule has 0 heterocycles. The lowest BCUT2D eigenvalue weighted by Crippen LogP contribution is -2.17. The average molecular weight is 616 g/mol. The molecule has 5 nitrogen and oxygen atoms in total. The lowest BCUT2D eigenvalue weighted by Gasteiger charge is -2.18. The Morgan fingerprint density at radius 3 is 1.78 bits per heavy atom. The van der Waals surface area contributed by atoms with Crippen molar-refractivity contribution in [3.8, 4) is 44.9 Å². The summed E-state index contributed by atoms with van der Waals surface area (Å²) in [6.07, 6.45) is 4.18. The molecule has 0 aliphatic rings. The Morgan fingerprint density at radius 1 is 0.756 bits per heavy atom. The molecule has 2 N–H and O–H groups in total. The van der Waals surface area contributed by atoms with Gasteiger partial charge in [0.1, 0.15) is 23.1 Å². The molecule has 0 atom stereocenters. The number of methoxy groups -OCH3 is 2. The van der Waals surface area contributed by atoms with Crippen molar-refractivity contribution in [3.63, 3.8) is 0 Å². The number of benzene rings is 4. The minimum absolute atomic E-state index is 0.0556. The summed E-state index contributed by atoms with van der Waals surface area (Å²) in [7, 11) is 3.10. The Morgan fingerprint density at radius 2 is 1.27 bits per heavy atom. The maximum atomic E-state index is 15.4. The van der Waals surface area contributed by atoms with Crippen LogP contribution in [0.3, 0.4) is 0 Å². The van der Waals surface area contributed by atoms with Crippen LogP contribution < -0.4 is 14.8 Å². The lowest BCUT2D eigenvalue weighted by molar-refractivity contribution is -0.137. The number of unbranched alkanes of at least 4 members (excludes halogenated alkanes) is 2. The van der Waals surface area contributed by atoms with Crippen LogP contribution in [0.2, 0.25) is 0 Å². The molecule has 0 aromatic heterocycles. The zero-order valence-corrected chi connectivity index (χ0v) is 26.9. The highest BCUT2D eigenvalue weighted by Gasteiger charge is 2.18. The monoisotopic (exact) mass is 615 g/mol. The number of rotatable bonds is 15. The molecule has 7 heteroatoms. The third-order valence-electron chi connectivity index (χ3n) is 8.40. The number of ether oxygens (including phenoxy) is 2. The predicted molar refractivity (Wildman–Crippen MR) is 177 cm³/mol. The molecule has 0 saturated heterocycles. The van der Waals surface area contributed by atoms with E-state index in [0.29, 0.717) is 47.6 Å². The lowest BCUT2D eigenvalue weighted by atomic mass is 9.87. The van der Waals surface area contributed by atoms with Gasteiger partial charge in [-0.2, -0.15) is 0 Å². The van der Waals surface area contributed by atoms with Crippen molar-refractivity contribution in [2.45, 2.75) is 65.8 Å². The largest absolute Gasteiger partial charge is 0.496 e. The second kappa shape index (κ2) is 15.7. The smallest absolute Gasteiger partial charge is 0.303 e. The Kier molecular flexibility index (Phi) is 11.7. The van der Waals surface area contributed by atoms with Crippen LogP contribution in [0.5, 0.6) is 11.5 Å². The molecule has 238 valence electrons. The summed E-state index contributed by atoms with van der Waals surface area (Å²) in [5, 5.41) is 11.9. The number of hydrogen-bond acceptors (Lipinski definition) is 4. The maximum Gasteiger partial charge on any atom is 0.303 e. The van der Waals surface area contributed by atoms with Crippen molar-refractivity contribution in [2.75, 3.05) is 20.8 Å². The number of halogens is 2. The van der Waals surface area contributed by atoms with Crippen molar-refractivity contribution in [2.24, 2.45) is 0 Å². The second-order valence-electron chi connectivity index (χ2n) is 11.4. The first kappa shape index (κ1) is 33.7. The van der Waals surface area contributed by atoms with Crippen LogP contribution in [0, 0.1) is 25.5 Å². The third-order valence-corrected chi connectivity index (χ3v) is 8.40. The van der Waals surface area contributed by atoms with Crippen molar-refractivity contribution >= 4 is 5.97 Å². The van der Waals surface area contributed by atoms with Crippen LogP contribution in [0.1, 0.15) is 61.3 Å². The van der Waals surface area contributed by atoms with Gasteiger partial charge in [-0.15, -0.1) is 0 Å². The molecule has 0 aliphatic carbocycles. The minimum atomic E-state index is -0.856.